The third kappa shape index (κ3) is 4.04. The smallest absolute Gasteiger partial charge is 0.234 e. The molecule has 0 aliphatic heterocycles. The van der Waals surface area contributed by atoms with Gasteiger partial charge in [0.2, 0.25) is 5.91 Å². The summed E-state index contributed by atoms with van der Waals surface area (Å²) in [6.07, 6.45) is 0. The fourth-order valence-electron chi connectivity index (χ4n) is 1.47. The average Bonchev–Trinajstić information content (AvgIpc) is 2.27. The Morgan fingerprint density at radius 2 is 2.00 bits per heavy atom. The fourth-order valence-corrected chi connectivity index (χ4v) is 1.61. The molecule has 1 aromatic carbocycles. The van der Waals surface area contributed by atoms with Crippen molar-refractivity contribution in [1.82, 2.24) is 5.32 Å². The first kappa shape index (κ1) is 14.0. The van der Waals surface area contributed by atoms with E-state index in [2.05, 4.69) is 21.2 Å². The lowest BCUT2D eigenvalue weighted by atomic mass is 10.1. The van der Waals surface area contributed by atoms with E-state index < -0.39 is 0 Å². The molecule has 0 aromatic heterocycles. The Bertz CT molecular complexity index is 393. The number of nitrogens with one attached hydrogen (secondary N) is 1. The van der Waals surface area contributed by atoms with Crippen LogP contribution in [-0.4, -0.2) is 15.8 Å². The number of carbonyl (C=O) groups excluding carboxylic acids is 1. The van der Waals surface area contributed by atoms with Crippen LogP contribution in [0.1, 0.15) is 32.4 Å². The minimum Gasteiger partial charge on any atom is -0.508 e. The first-order valence-corrected chi connectivity index (χ1v) is 6.56. The van der Waals surface area contributed by atoms with Crippen LogP contribution < -0.4 is 5.32 Å². The third-order valence-electron chi connectivity index (χ3n) is 2.56. The third-order valence-corrected chi connectivity index (χ3v) is 4.04. The predicted molar refractivity (Wildman–Crippen MR) is 72.2 cm³/mol. The van der Waals surface area contributed by atoms with Crippen molar-refractivity contribution in [2.24, 2.45) is 5.92 Å². The molecule has 1 rings (SSSR count). The maximum absolute atomic E-state index is 11.8. The summed E-state index contributed by atoms with van der Waals surface area (Å²) in [6, 6.07) is 6.79. The number of phenols is 1. The summed E-state index contributed by atoms with van der Waals surface area (Å²) in [5.41, 5.74) is 0.891. The van der Waals surface area contributed by atoms with Crippen molar-refractivity contribution in [3.63, 3.8) is 0 Å². The van der Waals surface area contributed by atoms with E-state index in [4.69, 9.17) is 0 Å². The molecule has 1 aromatic rings. The van der Waals surface area contributed by atoms with Crippen LogP contribution >= 0.6 is 15.9 Å². The van der Waals surface area contributed by atoms with Crippen LogP contribution in [0.15, 0.2) is 24.3 Å². The monoisotopic (exact) mass is 299 g/mol. The van der Waals surface area contributed by atoms with Gasteiger partial charge in [0.15, 0.2) is 0 Å². The van der Waals surface area contributed by atoms with E-state index in [1.807, 2.05) is 26.8 Å². The number of phenolic OH excluding ortho intramolecular Hbond substituents is 1. The van der Waals surface area contributed by atoms with Crippen molar-refractivity contribution < 1.29 is 9.90 Å². The molecule has 2 N–H and O–H groups in total. The van der Waals surface area contributed by atoms with Gasteiger partial charge in [0.05, 0.1) is 10.9 Å². The summed E-state index contributed by atoms with van der Waals surface area (Å²) >= 11 is 3.36. The molecule has 2 unspecified atom stereocenters. The Labute approximate surface area is 110 Å². The van der Waals surface area contributed by atoms with Gasteiger partial charge < -0.3 is 10.4 Å². The predicted octanol–water partition coefficient (Wildman–Crippen LogP) is 2.99. The van der Waals surface area contributed by atoms with E-state index in [0.29, 0.717) is 0 Å². The zero-order chi connectivity index (χ0) is 13.0. The molecule has 94 valence electrons. The highest BCUT2D eigenvalue weighted by atomic mass is 79.9. The van der Waals surface area contributed by atoms with Crippen LogP contribution in [0.2, 0.25) is 0 Å². The van der Waals surface area contributed by atoms with Gasteiger partial charge in [-0.05, 0) is 30.5 Å². The Hall–Kier alpha value is -1.03. The minimum absolute atomic E-state index is 0.0316. The maximum Gasteiger partial charge on any atom is 0.234 e. The molecule has 0 saturated carbocycles. The molecule has 0 fully saturated rings. The summed E-state index contributed by atoms with van der Waals surface area (Å²) in [5, 5.41) is 12.3. The van der Waals surface area contributed by atoms with Crippen molar-refractivity contribution in [2.45, 2.75) is 31.6 Å². The lowest BCUT2D eigenvalue weighted by Gasteiger charge is -2.19. The Morgan fingerprint density at radius 3 is 2.53 bits per heavy atom. The molecule has 17 heavy (non-hydrogen) atoms. The first-order valence-electron chi connectivity index (χ1n) is 5.65. The summed E-state index contributed by atoms with van der Waals surface area (Å²) in [4.78, 5) is 11.6. The Balaban J connectivity index is 2.66. The van der Waals surface area contributed by atoms with Crippen LogP contribution in [-0.2, 0) is 4.79 Å². The number of halogens is 1. The van der Waals surface area contributed by atoms with E-state index in [1.54, 1.807) is 18.2 Å². The van der Waals surface area contributed by atoms with Crippen LogP contribution in [0.25, 0.3) is 0 Å². The summed E-state index contributed by atoms with van der Waals surface area (Å²) < 4.78 is 0. The SMILES string of the molecule is CC(NC(=O)C(Br)C(C)C)c1cccc(O)c1. The number of alkyl halides is 1. The molecule has 3 nitrogen and oxygen atoms in total. The van der Waals surface area contributed by atoms with Crippen molar-refractivity contribution >= 4 is 21.8 Å². The molecule has 0 aliphatic carbocycles. The van der Waals surface area contributed by atoms with Gasteiger partial charge in [-0.1, -0.05) is 41.9 Å². The molecular weight excluding hydrogens is 282 g/mol. The van der Waals surface area contributed by atoms with Gasteiger partial charge in [-0.2, -0.15) is 0 Å². The molecule has 0 spiro atoms. The second-order valence-corrected chi connectivity index (χ2v) is 5.46. The summed E-state index contributed by atoms with van der Waals surface area (Å²) in [5.74, 6) is 0.421. The molecule has 0 heterocycles. The number of rotatable bonds is 4. The van der Waals surface area contributed by atoms with Crippen molar-refractivity contribution in [3.05, 3.63) is 29.8 Å². The van der Waals surface area contributed by atoms with Gasteiger partial charge in [0.25, 0.3) is 0 Å². The van der Waals surface area contributed by atoms with E-state index in [0.717, 1.165) is 5.56 Å². The molecule has 2 atom stereocenters. The largest absolute Gasteiger partial charge is 0.508 e. The zero-order valence-corrected chi connectivity index (χ0v) is 11.9. The van der Waals surface area contributed by atoms with Crippen molar-refractivity contribution in [2.75, 3.05) is 0 Å². The minimum atomic E-state index is -0.192. The van der Waals surface area contributed by atoms with Gasteiger partial charge in [0.1, 0.15) is 5.75 Å². The topological polar surface area (TPSA) is 49.3 Å². The van der Waals surface area contributed by atoms with Gasteiger partial charge >= 0.3 is 0 Å². The van der Waals surface area contributed by atoms with E-state index in [1.165, 1.54) is 0 Å². The molecule has 0 aliphatic rings. The van der Waals surface area contributed by atoms with Gasteiger partial charge in [0, 0.05) is 0 Å². The van der Waals surface area contributed by atoms with Gasteiger partial charge in [-0.3, -0.25) is 4.79 Å². The molecule has 1 amide bonds. The van der Waals surface area contributed by atoms with Gasteiger partial charge in [-0.15, -0.1) is 0 Å². The number of amides is 1. The molecule has 4 heteroatoms. The van der Waals surface area contributed by atoms with Gasteiger partial charge in [-0.25, -0.2) is 0 Å². The van der Waals surface area contributed by atoms with Crippen LogP contribution in [0.3, 0.4) is 0 Å². The molecule has 0 radical (unpaired) electrons. The quantitative estimate of drug-likeness (QED) is 0.840. The molecule has 0 saturated heterocycles. The van der Waals surface area contributed by atoms with Crippen LogP contribution in [0.5, 0.6) is 5.75 Å². The van der Waals surface area contributed by atoms with E-state index in [-0.39, 0.29) is 28.4 Å². The molecular formula is C13H18BrNO2. The van der Waals surface area contributed by atoms with Crippen LogP contribution in [0.4, 0.5) is 0 Å². The second kappa shape index (κ2) is 6.05. The molecule has 0 bridgehead atoms. The number of benzene rings is 1. The number of aromatic hydroxyl groups is 1. The number of hydrogen-bond acceptors (Lipinski definition) is 2. The van der Waals surface area contributed by atoms with Crippen molar-refractivity contribution in [3.8, 4) is 5.75 Å². The standard InChI is InChI=1S/C13H18BrNO2/c1-8(2)12(14)13(17)15-9(3)10-5-4-6-11(16)7-10/h4-9,12,16H,1-3H3,(H,15,17). The summed E-state index contributed by atoms with van der Waals surface area (Å²) in [7, 11) is 0. The number of carbonyl (C=O) groups is 1. The van der Waals surface area contributed by atoms with E-state index in [9.17, 15) is 9.90 Å². The maximum atomic E-state index is 11.8. The highest BCUT2D eigenvalue weighted by Crippen LogP contribution is 2.19. The first-order chi connectivity index (χ1) is 7.91. The Kier molecular flexibility index (Phi) is 5.00. The number of hydrogen-bond donors (Lipinski definition) is 2. The van der Waals surface area contributed by atoms with Crippen LogP contribution in [0, 0.1) is 5.92 Å². The lowest BCUT2D eigenvalue weighted by molar-refractivity contribution is -0.121. The average molecular weight is 300 g/mol. The zero-order valence-electron chi connectivity index (χ0n) is 10.3. The lowest BCUT2D eigenvalue weighted by Crippen LogP contribution is -2.35. The highest BCUT2D eigenvalue weighted by Gasteiger charge is 2.20. The fraction of sp³-hybridized carbons (Fsp3) is 0.462. The summed E-state index contributed by atoms with van der Waals surface area (Å²) in [6.45, 7) is 5.86. The van der Waals surface area contributed by atoms with Crippen molar-refractivity contribution in [1.29, 1.82) is 0 Å². The van der Waals surface area contributed by atoms with E-state index >= 15 is 0 Å². The second-order valence-electron chi connectivity index (χ2n) is 4.47. The normalized spacial score (nSPS) is 14.4. The highest BCUT2D eigenvalue weighted by molar-refractivity contribution is 9.10. The Morgan fingerprint density at radius 1 is 1.35 bits per heavy atom.